The van der Waals surface area contributed by atoms with E-state index in [1.165, 1.54) is 0 Å². The molecule has 2 heterocycles. The number of hydrogen-bond donors (Lipinski definition) is 3. The zero-order chi connectivity index (χ0) is 93.3. The highest BCUT2D eigenvalue weighted by Gasteiger charge is 2.47. The maximum Gasteiger partial charge on any atom is 0.295 e. The molecule has 0 aromatic heterocycles. The van der Waals surface area contributed by atoms with Gasteiger partial charge in [0, 0.05) is 147 Å². The molecule has 19 atom stereocenters. The van der Waals surface area contributed by atoms with Crippen LogP contribution in [0.3, 0.4) is 0 Å². The lowest BCUT2D eigenvalue weighted by Gasteiger charge is -2.41. The minimum absolute atomic E-state index is 0.00435. The number of anilines is 2. The second-order valence-electron chi connectivity index (χ2n) is 37.4. The van der Waals surface area contributed by atoms with Crippen LogP contribution in [0.5, 0.6) is 0 Å². The molecule has 2 aliphatic rings. The second kappa shape index (κ2) is 53.7. The molecule has 2 fully saturated rings. The zero-order valence-corrected chi connectivity index (χ0v) is 80.6. The summed E-state index contributed by atoms with van der Waals surface area (Å²) in [5.74, 6) is -5.12. The summed E-state index contributed by atoms with van der Waals surface area (Å²) in [5, 5.41) is 5.78. The number of ketones is 4. The Balaban J connectivity index is 0.000000520. The predicted octanol–water partition coefficient (Wildman–Crippen LogP) is 14.3. The Morgan fingerprint density at radius 3 is 1.16 bits per heavy atom. The number of ether oxygens (including phenoxy) is 5. The van der Waals surface area contributed by atoms with Crippen LogP contribution < -0.4 is 16.4 Å². The SMILES string of the molecule is CCCC(NC(=O)[C@@H](CC(=O)[C@H](C)[C@@H](OC)[C@@H]1CCCN1C(=O)C[C@@H](OC)[C@H]([C@@H](C)CC)N(C)C(=O)[C@@H](CC(=O)[C@H](C(C)C)N(C)C(C)C)C(C)C)Cc1ccccc1)OC=O.CC[C@H](C)[C@@H]([C@@H](CC(=O)N1CCC[C@H]1[C@H](OC)[C@@H](C)C(=O)C[C@@H](Cc1ccccc1)C(=O)Nc1ccc(N)cc1)OC)N(C)C(=O)[C@@H](CC(=O)[C@H](C(C)C)N(C)C(C)C)C(C)C. The first-order valence-corrected chi connectivity index (χ1v) is 46.0. The van der Waals surface area contributed by atoms with Crippen molar-refractivity contribution in [1.29, 1.82) is 0 Å². The third-order valence-corrected chi connectivity index (χ3v) is 26.8. The number of methoxy groups -OCH3 is 4. The van der Waals surface area contributed by atoms with E-state index in [1.807, 2.05) is 149 Å². The largest absolute Gasteiger partial charge is 0.444 e. The predicted molar refractivity (Wildman–Crippen MR) is 491 cm³/mol. The van der Waals surface area contributed by atoms with Gasteiger partial charge in [-0.3, -0.25) is 62.5 Å². The lowest BCUT2D eigenvalue weighted by molar-refractivity contribution is -0.149. The van der Waals surface area contributed by atoms with Gasteiger partial charge in [-0.25, -0.2) is 0 Å². The average molecular weight is 1730 g/mol. The molecule has 124 heavy (non-hydrogen) atoms. The van der Waals surface area contributed by atoms with Crippen molar-refractivity contribution in [3.8, 4) is 0 Å². The van der Waals surface area contributed by atoms with Gasteiger partial charge in [0.2, 0.25) is 35.4 Å². The van der Waals surface area contributed by atoms with Crippen LogP contribution in [0.2, 0.25) is 0 Å². The molecule has 5 rings (SSSR count). The fraction of sp³-hybridized carbons (Fsp3) is 0.707. The number of hydrogen-bond acceptors (Lipinski definition) is 19. The number of benzene rings is 3. The van der Waals surface area contributed by atoms with Gasteiger partial charge in [-0.2, -0.15) is 0 Å². The van der Waals surface area contributed by atoms with Crippen LogP contribution in [0, 0.1) is 71.0 Å². The van der Waals surface area contributed by atoms with Gasteiger partial charge >= 0.3 is 0 Å². The Hall–Kier alpha value is -7.81. The Kier molecular flexibility index (Phi) is 47.0. The highest BCUT2D eigenvalue weighted by molar-refractivity contribution is 5.97. The molecule has 0 bridgehead atoms. The van der Waals surface area contributed by atoms with Gasteiger partial charge in [0.05, 0.1) is 73.5 Å². The fourth-order valence-corrected chi connectivity index (χ4v) is 18.6. The van der Waals surface area contributed by atoms with E-state index in [9.17, 15) is 52.7 Å². The van der Waals surface area contributed by atoms with E-state index in [0.29, 0.717) is 69.5 Å². The molecule has 2 aliphatic heterocycles. The van der Waals surface area contributed by atoms with Crippen LogP contribution in [-0.2, 0) is 89.3 Å². The van der Waals surface area contributed by atoms with E-state index in [1.54, 1.807) is 88.4 Å². The summed E-state index contributed by atoms with van der Waals surface area (Å²) < 4.78 is 29.4. The highest BCUT2D eigenvalue weighted by atomic mass is 16.5. The Labute approximate surface area is 744 Å². The number of nitrogens with two attached hydrogens (primary N) is 1. The van der Waals surface area contributed by atoms with Gasteiger partial charge in [-0.1, -0.05) is 184 Å². The number of rotatable bonds is 54. The van der Waals surface area contributed by atoms with Gasteiger partial charge in [0.1, 0.15) is 11.6 Å². The Bertz CT molecular complexity index is 3770. The van der Waals surface area contributed by atoms with E-state index in [2.05, 4.69) is 75.8 Å². The smallest absolute Gasteiger partial charge is 0.295 e. The van der Waals surface area contributed by atoms with E-state index in [-0.39, 0.29) is 163 Å². The number of amides is 6. The fourth-order valence-electron chi connectivity index (χ4n) is 18.6. The number of Topliss-reactive ketones (excluding diaryl/α,β-unsaturated/α-hetero) is 4. The van der Waals surface area contributed by atoms with Crippen molar-refractivity contribution in [2.75, 3.05) is 80.8 Å². The molecule has 0 spiro atoms. The Morgan fingerprint density at radius 2 is 0.847 bits per heavy atom. The average Bonchev–Trinajstić information content (AvgIpc) is 1.08. The maximum atomic E-state index is 14.5. The number of nitrogens with zero attached hydrogens (tertiary/aromatic N) is 6. The van der Waals surface area contributed by atoms with Crippen molar-refractivity contribution in [2.45, 2.75) is 313 Å². The molecule has 0 radical (unpaired) electrons. The minimum atomic E-state index is -0.797. The molecule has 0 aliphatic carbocycles. The molecule has 3 aromatic rings. The van der Waals surface area contributed by atoms with Crippen LogP contribution in [0.25, 0.3) is 0 Å². The van der Waals surface area contributed by atoms with Gasteiger partial charge in [0.15, 0.2) is 17.8 Å². The quantitative estimate of drug-likeness (QED) is 0.0269. The topological polar surface area (TPSA) is 303 Å². The van der Waals surface area contributed by atoms with Crippen molar-refractivity contribution >= 4 is 76.4 Å². The number of nitrogens with one attached hydrogen (secondary N) is 2. The van der Waals surface area contributed by atoms with E-state index in [0.717, 1.165) is 36.8 Å². The summed E-state index contributed by atoms with van der Waals surface area (Å²) in [5.41, 5.74) is 8.87. The van der Waals surface area contributed by atoms with E-state index < -0.39 is 84.3 Å². The maximum absolute atomic E-state index is 14.5. The van der Waals surface area contributed by atoms with Crippen LogP contribution in [0.1, 0.15) is 233 Å². The molecule has 25 heteroatoms. The van der Waals surface area contributed by atoms with Crippen molar-refractivity contribution < 1.29 is 76.4 Å². The third kappa shape index (κ3) is 31.3. The monoisotopic (exact) mass is 1730 g/mol. The standard InChI is InChI=1S/C50H79N5O7.C49H82N4O9/c1-14-34(8)47(54(11)50(60)40(31(2)3)29-43(57)46(32(4)5)53(10)33(6)7)44(61-12)30-45(58)55-26-18-21-41(55)48(62-13)35(9)42(56)28-37(27-36-19-16-15-17-20-36)49(59)52-39-24-22-38(51)23-25-39;1-15-21-43(62-30-54)50-48(58)37(26-36-22-18-17-19-23-36)27-40(55)35(10)47(61-14)39-24-20-25-53(39)44(57)29-42(60-13)46(34(9)16-2)52(12)49(59)38(31(3)4)28-41(56)45(32(5)6)51(11)33(7)8/h15-17,19-20,22-25,31-35,37,40-41,44,46-48H,14,18,21,26-30,51H2,1-13H3,(H,52,59);17-19,22-23,30-35,37-39,42-43,45-47H,15-16,20-21,24-29H2,1-14H3,(H,50,58)/t34-,35-,37+,40-,41-,44+,46-,47-,48+;34-,35-,37+,38-,39-,42+,43?,45-,46-,47+/m00/s1. The molecule has 6 amide bonds. The summed E-state index contributed by atoms with van der Waals surface area (Å²) in [6.45, 7) is 39.5. The summed E-state index contributed by atoms with van der Waals surface area (Å²) in [7, 11) is 13.8. The first-order valence-electron chi connectivity index (χ1n) is 46.0. The number of nitrogen functional groups attached to an aromatic ring is 1. The third-order valence-electron chi connectivity index (χ3n) is 26.8. The van der Waals surface area contributed by atoms with Crippen molar-refractivity contribution in [2.24, 2.45) is 71.0 Å². The van der Waals surface area contributed by atoms with Crippen molar-refractivity contribution in [1.82, 2.24) is 34.7 Å². The molecule has 1 unspecified atom stereocenters. The lowest BCUT2D eigenvalue weighted by Crippen LogP contribution is -2.54. The van der Waals surface area contributed by atoms with Crippen LogP contribution in [0.4, 0.5) is 11.4 Å². The zero-order valence-electron chi connectivity index (χ0n) is 80.6. The van der Waals surface area contributed by atoms with Gasteiger partial charge in [0.25, 0.3) is 6.47 Å². The van der Waals surface area contributed by atoms with Gasteiger partial charge in [-0.15, -0.1) is 0 Å². The lowest BCUT2D eigenvalue weighted by atomic mass is 9.83. The molecular formula is C99H161N9O16. The first kappa shape index (κ1) is 109. The van der Waals surface area contributed by atoms with E-state index in [4.69, 9.17) is 29.4 Å². The first-order chi connectivity index (χ1) is 58.6. The summed E-state index contributed by atoms with van der Waals surface area (Å²) in [6.07, 6.45) is 3.00. The van der Waals surface area contributed by atoms with Crippen LogP contribution in [-0.4, -0.2) is 243 Å². The number of likely N-dealkylation sites (tertiary alicyclic amines) is 2. The summed E-state index contributed by atoms with van der Waals surface area (Å²) >= 11 is 0. The molecule has 2 saturated heterocycles. The Morgan fingerprint density at radius 1 is 0.476 bits per heavy atom. The molecule has 698 valence electrons. The number of carbonyl (C=O) groups is 11. The summed E-state index contributed by atoms with van der Waals surface area (Å²) in [6, 6.07) is 24.1. The molecule has 0 saturated carbocycles. The van der Waals surface area contributed by atoms with Crippen molar-refractivity contribution in [3.05, 3.63) is 96.1 Å². The molecule has 3 aromatic carbocycles. The number of likely N-dealkylation sites (N-methyl/N-ethyl adjacent to an activating group) is 4. The normalized spacial score (nSPS) is 18.5. The van der Waals surface area contributed by atoms with Gasteiger partial charge in [-0.05, 0) is 151 Å². The summed E-state index contributed by atoms with van der Waals surface area (Å²) in [4.78, 5) is 164. The highest BCUT2D eigenvalue weighted by Crippen LogP contribution is 2.36. The molecule has 25 nitrogen and oxygen atoms in total. The van der Waals surface area contributed by atoms with Crippen LogP contribution >= 0.6 is 0 Å². The molecule has 4 N–H and O–H groups in total. The van der Waals surface area contributed by atoms with E-state index >= 15 is 0 Å². The van der Waals surface area contributed by atoms with Crippen molar-refractivity contribution in [3.63, 3.8) is 0 Å². The minimum Gasteiger partial charge on any atom is -0.444 e. The number of carbonyl (C=O) groups excluding carboxylic acids is 11. The molecular weight excluding hydrogens is 1570 g/mol. The van der Waals surface area contributed by atoms with Gasteiger partial charge < -0.3 is 59.7 Å². The van der Waals surface area contributed by atoms with Crippen LogP contribution in [0.15, 0.2) is 84.9 Å². The second-order valence-corrected chi connectivity index (χ2v) is 37.4.